The van der Waals surface area contributed by atoms with E-state index in [1.807, 2.05) is 37.3 Å². The smallest absolute Gasteiger partial charge is 0.260 e. The molecule has 5 heteroatoms. The molecule has 1 atom stereocenters. The van der Waals surface area contributed by atoms with E-state index in [0.717, 1.165) is 33.4 Å². The molecule has 0 radical (unpaired) electrons. The molecule has 0 spiro atoms. The van der Waals surface area contributed by atoms with Crippen LogP contribution in [0.25, 0.3) is 0 Å². The number of carbonyl (C=O) groups is 1. The van der Waals surface area contributed by atoms with Crippen LogP contribution >= 0.6 is 23.4 Å². The molecule has 0 heterocycles. The quantitative estimate of drug-likeness (QED) is 0.552. The SMILES string of the molecule is Cc1ccc(C(C)C)c(O[C@@H](C)C(=O)NCCSCc2ccc(Cl)cc2)c1. The number of hydrogen-bond donors (Lipinski definition) is 1. The van der Waals surface area contributed by atoms with Crippen LogP contribution in [0.15, 0.2) is 42.5 Å². The van der Waals surface area contributed by atoms with Gasteiger partial charge in [0, 0.05) is 23.1 Å². The summed E-state index contributed by atoms with van der Waals surface area (Å²) in [6.45, 7) is 8.69. The van der Waals surface area contributed by atoms with E-state index in [4.69, 9.17) is 16.3 Å². The molecule has 0 saturated carbocycles. The summed E-state index contributed by atoms with van der Waals surface area (Å²) in [4.78, 5) is 12.3. The fourth-order valence-electron chi connectivity index (χ4n) is 2.63. The maximum Gasteiger partial charge on any atom is 0.260 e. The highest BCUT2D eigenvalue weighted by Crippen LogP contribution is 2.28. The predicted octanol–water partition coefficient (Wildman–Crippen LogP) is 5.59. The first kappa shape index (κ1) is 21.6. The first-order valence-electron chi connectivity index (χ1n) is 9.24. The molecular weight excluding hydrogens is 378 g/mol. The Morgan fingerprint density at radius 2 is 1.85 bits per heavy atom. The van der Waals surface area contributed by atoms with Gasteiger partial charge in [-0.05, 0) is 54.7 Å². The van der Waals surface area contributed by atoms with Gasteiger partial charge in [-0.2, -0.15) is 11.8 Å². The van der Waals surface area contributed by atoms with Crippen molar-refractivity contribution < 1.29 is 9.53 Å². The van der Waals surface area contributed by atoms with Crippen LogP contribution in [0.2, 0.25) is 5.02 Å². The Hall–Kier alpha value is -1.65. The van der Waals surface area contributed by atoms with Gasteiger partial charge in [0.05, 0.1) is 0 Å². The molecule has 0 unspecified atom stereocenters. The van der Waals surface area contributed by atoms with E-state index >= 15 is 0 Å². The number of thioether (sulfide) groups is 1. The average molecular weight is 406 g/mol. The van der Waals surface area contributed by atoms with Gasteiger partial charge in [-0.15, -0.1) is 0 Å². The van der Waals surface area contributed by atoms with E-state index < -0.39 is 6.10 Å². The summed E-state index contributed by atoms with van der Waals surface area (Å²) in [7, 11) is 0. The highest BCUT2D eigenvalue weighted by molar-refractivity contribution is 7.98. The van der Waals surface area contributed by atoms with Crippen molar-refractivity contribution in [2.24, 2.45) is 0 Å². The summed E-state index contributed by atoms with van der Waals surface area (Å²) in [5.41, 5.74) is 3.48. The fourth-order valence-corrected chi connectivity index (χ4v) is 3.57. The van der Waals surface area contributed by atoms with Gasteiger partial charge < -0.3 is 10.1 Å². The summed E-state index contributed by atoms with van der Waals surface area (Å²) in [6.07, 6.45) is -0.523. The molecule has 1 N–H and O–H groups in total. The predicted molar refractivity (Wildman–Crippen MR) is 116 cm³/mol. The molecule has 0 fully saturated rings. The van der Waals surface area contributed by atoms with Gasteiger partial charge in [0.2, 0.25) is 0 Å². The van der Waals surface area contributed by atoms with Crippen LogP contribution in [-0.4, -0.2) is 24.3 Å². The fraction of sp³-hybridized carbons (Fsp3) is 0.409. The average Bonchev–Trinajstić information content (AvgIpc) is 2.62. The lowest BCUT2D eigenvalue weighted by atomic mass is 10.0. The molecule has 0 aliphatic heterocycles. The molecule has 0 saturated heterocycles. The molecule has 146 valence electrons. The van der Waals surface area contributed by atoms with Gasteiger partial charge in [-0.25, -0.2) is 0 Å². The Bertz CT molecular complexity index is 746. The zero-order valence-electron chi connectivity index (χ0n) is 16.4. The Morgan fingerprint density at radius 3 is 2.52 bits per heavy atom. The third-order valence-corrected chi connectivity index (χ3v) is 5.47. The molecule has 27 heavy (non-hydrogen) atoms. The second kappa shape index (κ2) is 10.6. The van der Waals surface area contributed by atoms with Crippen molar-refractivity contribution >= 4 is 29.3 Å². The molecule has 0 bridgehead atoms. The molecule has 0 aromatic heterocycles. The molecule has 2 rings (SSSR count). The number of nitrogens with one attached hydrogen (secondary N) is 1. The van der Waals surface area contributed by atoms with Gasteiger partial charge >= 0.3 is 0 Å². The number of carbonyl (C=O) groups excluding carboxylic acids is 1. The van der Waals surface area contributed by atoms with E-state index in [1.54, 1.807) is 18.7 Å². The number of rotatable bonds is 9. The van der Waals surface area contributed by atoms with E-state index in [1.165, 1.54) is 5.56 Å². The lowest BCUT2D eigenvalue weighted by Crippen LogP contribution is -2.37. The summed E-state index contributed by atoms with van der Waals surface area (Å²) < 4.78 is 5.96. The Kier molecular flexibility index (Phi) is 8.52. The van der Waals surface area contributed by atoms with Gasteiger partial charge in [0.15, 0.2) is 6.10 Å². The lowest BCUT2D eigenvalue weighted by molar-refractivity contribution is -0.127. The molecule has 1 amide bonds. The second-order valence-electron chi connectivity index (χ2n) is 6.93. The minimum atomic E-state index is -0.523. The van der Waals surface area contributed by atoms with E-state index in [0.29, 0.717) is 12.5 Å². The Labute approximate surface area is 171 Å². The van der Waals surface area contributed by atoms with Crippen molar-refractivity contribution in [3.8, 4) is 5.75 Å². The first-order chi connectivity index (χ1) is 12.9. The largest absolute Gasteiger partial charge is 0.481 e. The zero-order chi connectivity index (χ0) is 19.8. The summed E-state index contributed by atoms with van der Waals surface area (Å²) >= 11 is 7.67. The highest BCUT2D eigenvalue weighted by Gasteiger charge is 2.17. The maximum atomic E-state index is 12.3. The van der Waals surface area contributed by atoms with E-state index in [-0.39, 0.29) is 5.91 Å². The molecule has 2 aromatic rings. The normalized spacial score (nSPS) is 12.1. The number of hydrogen-bond acceptors (Lipinski definition) is 3. The zero-order valence-corrected chi connectivity index (χ0v) is 18.0. The van der Waals surface area contributed by atoms with E-state index in [2.05, 4.69) is 31.3 Å². The maximum absolute atomic E-state index is 12.3. The van der Waals surface area contributed by atoms with Crippen molar-refractivity contribution in [3.05, 3.63) is 64.2 Å². The topological polar surface area (TPSA) is 38.3 Å². The molecule has 2 aromatic carbocycles. The van der Waals surface area contributed by atoms with Crippen LogP contribution in [0.3, 0.4) is 0 Å². The van der Waals surface area contributed by atoms with Crippen molar-refractivity contribution in [1.82, 2.24) is 5.32 Å². The van der Waals surface area contributed by atoms with Crippen molar-refractivity contribution in [2.75, 3.05) is 12.3 Å². The third kappa shape index (κ3) is 7.11. The Balaban J connectivity index is 1.76. The monoisotopic (exact) mass is 405 g/mol. The number of aryl methyl sites for hydroxylation is 1. The van der Waals surface area contributed by atoms with Gasteiger partial charge in [-0.3, -0.25) is 4.79 Å². The van der Waals surface area contributed by atoms with Crippen LogP contribution in [0.4, 0.5) is 0 Å². The van der Waals surface area contributed by atoms with Crippen LogP contribution < -0.4 is 10.1 Å². The number of ether oxygens (including phenoxy) is 1. The standard InChI is InChI=1S/C22H28ClNO2S/c1-15(2)20-10-5-16(3)13-21(20)26-17(4)22(25)24-11-12-27-14-18-6-8-19(23)9-7-18/h5-10,13,15,17H,11-12,14H2,1-4H3,(H,24,25)/t17-/m0/s1. The molecule has 3 nitrogen and oxygen atoms in total. The number of halogens is 1. The molecular formula is C22H28ClNO2S. The lowest BCUT2D eigenvalue weighted by Gasteiger charge is -2.19. The summed E-state index contributed by atoms with van der Waals surface area (Å²) in [6, 6.07) is 14.0. The van der Waals surface area contributed by atoms with E-state index in [9.17, 15) is 4.79 Å². The number of benzene rings is 2. The second-order valence-corrected chi connectivity index (χ2v) is 8.47. The minimum Gasteiger partial charge on any atom is -0.481 e. The van der Waals surface area contributed by atoms with Crippen molar-refractivity contribution in [1.29, 1.82) is 0 Å². The van der Waals surface area contributed by atoms with Crippen molar-refractivity contribution in [2.45, 2.75) is 45.5 Å². The van der Waals surface area contributed by atoms with Crippen molar-refractivity contribution in [3.63, 3.8) is 0 Å². The Morgan fingerprint density at radius 1 is 1.15 bits per heavy atom. The first-order valence-corrected chi connectivity index (χ1v) is 10.8. The van der Waals surface area contributed by atoms with Crippen LogP contribution in [-0.2, 0) is 10.5 Å². The van der Waals surface area contributed by atoms with Crippen LogP contribution in [0.1, 0.15) is 43.4 Å². The van der Waals surface area contributed by atoms with Gasteiger partial charge in [0.25, 0.3) is 5.91 Å². The number of amides is 1. The summed E-state index contributed by atoms with van der Waals surface area (Å²) in [5.74, 6) is 2.81. The van der Waals surface area contributed by atoms with Gasteiger partial charge in [0.1, 0.15) is 5.75 Å². The van der Waals surface area contributed by atoms with Crippen LogP contribution in [0, 0.1) is 6.92 Å². The van der Waals surface area contributed by atoms with Crippen LogP contribution in [0.5, 0.6) is 5.75 Å². The van der Waals surface area contributed by atoms with Gasteiger partial charge in [-0.1, -0.05) is 49.7 Å². The third-order valence-electron chi connectivity index (χ3n) is 4.19. The summed E-state index contributed by atoms with van der Waals surface area (Å²) in [5, 5.41) is 3.70. The highest BCUT2D eigenvalue weighted by atomic mass is 35.5. The molecule has 0 aliphatic carbocycles. The molecule has 0 aliphatic rings. The minimum absolute atomic E-state index is 0.0849.